The SMILES string of the molecule is CN=C(NCc1ncc(C)s1)NC1CCCN(c2cnn(C)c2)C1.I. The fraction of sp³-hybridized carbons (Fsp3) is 0.562. The Morgan fingerprint density at radius 3 is 2.92 bits per heavy atom. The van der Waals surface area contributed by atoms with Crippen LogP contribution in [0.25, 0.3) is 0 Å². The van der Waals surface area contributed by atoms with Crippen molar-refractivity contribution in [3.63, 3.8) is 0 Å². The van der Waals surface area contributed by atoms with Gasteiger partial charge in [-0.2, -0.15) is 5.10 Å². The van der Waals surface area contributed by atoms with Crippen molar-refractivity contribution in [2.24, 2.45) is 12.0 Å². The Kier molecular flexibility index (Phi) is 7.48. The van der Waals surface area contributed by atoms with Crippen molar-refractivity contribution in [3.8, 4) is 0 Å². The molecule has 1 saturated heterocycles. The number of aryl methyl sites for hydroxylation is 2. The second-order valence-electron chi connectivity index (χ2n) is 6.09. The van der Waals surface area contributed by atoms with Gasteiger partial charge >= 0.3 is 0 Å². The van der Waals surface area contributed by atoms with Gasteiger partial charge in [0.15, 0.2) is 5.96 Å². The Morgan fingerprint density at radius 2 is 2.28 bits per heavy atom. The summed E-state index contributed by atoms with van der Waals surface area (Å²) in [6, 6.07) is 0.378. The number of nitrogens with one attached hydrogen (secondary N) is 2. The number of aromatic nitrogens is 3. The first-order valence-electron chi connectivity index (χ1n) is 8.26. The van der Waals surface area contributed by atoms with Gasteiger partial charge < -0.3 is 15.5 Å². The van der Waals surface area contributed by atoms with E-state index in [2.05, 4.69) is 43.7 Å². The first-order valence-corrected chi connectivity index (χ1v) is 9.08. The fourth-order valence-electron chi connectivity index (χ4n) is 2.93. The number of thiazole rings is 1. The summed E-state index contributed by atoms with van der Waals surface area (Å²) >= 11 is 1.71. The highest BCUT2D eigenvalue weighted by Crippen LogP contribution is 2.19. The molecule has 0 aromatic carbocycles. The van der Waals surface area contributed by atoms with Crippen molar-refractivity contribution >= 4 is 47.0 Å². The lowest BCUT2D eigenvalue weighted by atomic mass is 10.1. The number of halogens is 1. The molecule has 9 heteroatoms. The van der Waals surface area contributed by atoms with E-state index in [1.54, 1.807) is 11.3 Å². The quantitative estimate of drug-likeness (QED) is 0.403. The zero-order chi connectivity index (χ0) is 16.9. The Bertz CT molecular complexity index is 696. The van der Waals surface area contributed by atoms with Crippen molar-refractivity contribution in [1.29, 1.82) is 0 Å². The zero-order valence-corrected chi connectivity index (χ0v) is 18.0. The van der Waals surface area contributed by atoms with Crippen LogP contribution >= 0.6 is 35.3 Å². The molecule has 0 spiro atoms. The van der Waals surface area contributed by atoms with E-state index in [-0.39, 0.29) is 24.0 Å². The van der Waals surface area contributed by atoms with E-state index in [1.165, 1.54) is 10.6 Å². The molecule has 0 amide bonds. The van der Waals surface area contributed by atoms with Crippen molar-refractivity contribution in [3.05, 3.63) is 28.5 Å². The maximum absolute atomic E-state index is 4.38. The van der Waals surface area contributed by atoms with Crippen molar-refractivity contribution < 1.29 is 0 Å². The third kappa shape index (κ3) is 5.56. The molecule has 7 nitrogen and oxygen atoms in total. The molecule has 1 fully saturated rings. The largest absolute Gasteiger partial charge is 0.367 e. The van der Waals surface area contributed by atoms with E-state index in [0.29, 0.717) is 12.6 Å². The van der Waals surface area contributed by atoms with Gasteiger partial charge in [0.2, 0.25) is 0 Å². The van der Waals surface area contributed by atoms with Gasteiger partial charge in [0, 0.05) is 50.5 Å². The number of aliphatic imine (C=N–C) groups is 1. The molecular formula is C16H26IN7S. The number of hydrogen-bond donors (Lipinski definition) is 2. The molecular weight excluding hydrogens is 449 g/mol. The molecule has 0 radical (unpaired) electrons. The summed E-state index contributed by atoms with van der Waals surface area (Å²) in [5.41, 5.74) is 1.19. The summed E-state index contributed by atoms with van der Waals surface area (Å²) in [6.07, 6.45) is 8.22. The van der Waals surface area contributed by atoms with Crippen molar-refractivity contribution in [2.45, 2.75) is 32.4 Å². The van der Waals surface area contributed by atoms with Gasteiger partial charge in [-0.3, -0.25) is 9.67 Å². The van der Waals surface area contributed by atoms with Crippen LogP contribution in [0.1, 0.15) is 22.7 Å². The summed E-state index contributed by atoms with van der Waals surface area (Å²) < 4.78 is 1.85. The number of piperidine rings is 1. The van der Waals surface area contributed by atoms with E-state index >= 15 is 0 Å². The molecule has 138 valence electrons. The maximum atomic E-state index is 4.38. The van der Waals surface area contributed by atoms with Crippen molar-refractivity contribution in [1.82, 2.24) is 25.4 Å². The predicted molar refractivity (Wildman–Crippen MR) is 114 cm³/mol. The molecule has 1 atom stereocenters. The number of rotatable bonds is 4. The van der Waals surface area contributed by atoms with Crippen LogP contribution in [0.5, 0.6) is 0 Å². The molecule has 1 aliphatic heterocycles. The Morgan fingerprint density at radius 1 is 1.44 bits per heavy atom. The van der Waals surface area contributed by atoms with Gasteiger partial charge in [-0.1, -0.05) is 0 Å². The van der Waals surface area contributed by atoms with Gasteiger partial charge in [0.25, 0.3) is 0 Å². The highest BCUT2D eigenvalue weighted by atomic mass is 127. The minimum atomic E-state index is 0. The molecule has 25 heavy (non-hydrogen) atoms. The van der Waals surface area contributed by atoms with Crippen LogP contribution in [0.4, 0.5) is 5.69 Å². The molecule has 1 aliphatic rings. The molecule has 2 aromatic rings. The lowest BCUT2D eigenvalue weighted by Crippen LogP contribution is -2.51. The summed E-state index contributed by atoms with van der Waals surface area (Å²) in [5, 5.41) is 12.2. The Balaban J connectivity index is 0.00000225. The Hall–Kier alpha value is -1.36. The third-order valence-corrected chi connectivity index (χ3v) is 5.03. The standard InChI is InChI=1S/C16H25N7S.HI/c1-12-7-18-15(24-12)9-19-16(17-2)21-13-5-4-6-23(10-13)14-8-20-22(3)11-14;/h7-8,11,13H,4-6,9-10H2,1-3H3,(H2,17,19,21);1H. The highest BCUT2D eigenvalue weighted by molar-refractivity contribution is 14.0. The monoisotopic (exact) mass is 475 g/mol. The fourth-order valence-corrected chi connectivity index (χ4v) is 3.66. The summed E-state index contributed by atoms with van der Waals surface area (Å²) in [7, 11) is 3.76. The summed E-state index contributed by atoms with van der Waals surface area (Å²) in [5.74, 6) is 0.834. The smallest absolute Gasteiger partial charge is 0.191 e. The van der Waals surface area contributed by atoms with Crippen LogP contribution in [-0.2, 0) is 13.6 Å². The van der Waals surface area contributed by atoms with Crippen LogP contribution in [-0.4, -0.2) is 46.9 Å². The molecule has 3 heterocycles. The average Bonchev–Trinajstić information content (AvgIpc) is 3.20. The highest BCUT2D eigenvalue weighted by Gasteiger charge is 2.21. The number of hydrogen-bond acceptors (Lipinski definition) is 5. The number of guanidine groups is 1. The van der Waals surface area contributed by atoms with Crippen LogP contribution < -0.4 is 15.5 Å². The minimum Gasteiger partial charge on any atom is -0.367 e. The lowest BCUT2D eigenvalue weighted by Gasteiger charge is -2.34. The summed E-state index contributed by atoms with van der Waals surface area (Å²) in [4.78, 5) is 12.3. The zero-order valence-electron chi connectivity index (χ0n) is 14.9. The lowest BCUT2D eigenvalue weighted by molar-refractivity contribution is 0.468. The average molecular weight is 475 g/mol. The predicted octanol–water partition coefficient (Wildman–Crippen LogP) is 2.14. The van der Waals surface area contributed by atoms with E-state index < -0.39 is 0 Å². The van der Waals surface area contributed by atoms with Gasteiger partial charge in [0.05, 0.1) is 18.4 Å². The second kappa shape index (κ2) is 9.37. The molecule has 0 saturated carbocycles. The van der Waals surface area contributed by atoms with Gasteiger partial charge in [-0.05, 0) is 19.8 Å². The Labute approximate surface area is 169 Å². The topological polar surface area (TPSA) is 70.4 Å². The van der Waals surface area contributed by atoms with Crippen molar-refractivity contribution in [2.75, 3.05) is 25.0 Å². The minimum absolute atomic E-state index is 0. The maximum Gasteiger partial charge on any atom is 0.191 e. The first kappa shape index (κ1) is 20.0. The molecule has 0 bridgehead atoms. The molecule has 2 aromatic heterocycles. The van der Waals surface area contributed by atoms with E-state index in [0.717, 1.165) is 36.9 Å². The van der Waals surface area contributed by atoms with Gasteiger partial charge in [-0.25, -0.2) is 4.98 Å². The molecule has 2 N–H and O–H groups in total. The van der Waals surface area contributed by atoms with E-state index in [9.17, 15) is 0 Å². The number of anilines is 1. The van der Waals surface area contributed by atoms with Crippen LogP contribution in [0.15, 0.2) is 23.6 Å². The number of nitrogens with zero attached hydrogens (tertiary/aromatic N) is 5. The van der Waals surface area contributed by atoms with Crippen LogP contribution in [0, 0.1) is 6.92 Å². The van der Waals surface area contributed by atoms with Gasteiger partial charge in [-0.15, -0.1) is 35.3 Å². The third-order valence-electron chi connectivity index (χ3n) is 4.12. The molecule has 1 unspecified atom stereocenters. The van der Waals surface area contributed by atoms with E-state index in [4.69, 9.17) is 0 Å². The molecule has 0 aliphatic carbocycles. The van der Waals surface area contributed by atoms with Crippen LogP contribution in [0.3, 0.4) is 0 Å². The normalized spacial score (nSPS) is 18.0. The first-order chi connectivity index (χ1) is 11.6. The molecule has 3 rings (SSSR count). The van der Waals surface area contributed by atoms with E-state index in [1.807, 2.05) is 31.2 Å². The van der Waals surface area contributed by atoms with Crippen LogP contribution in [0.2, 0.25) is 0 Å². The van der Waals surface area contributed by atoms with Gasteiger partial charge in [0.1, 0.15) is 5.01 Å². The second-order valence-corrected chi connectivity index (χ2v) is 7.41. The summed E-state index contributed by atoms with van der Waals surface area (Å²) in [6.45, 7) is 4.82.